The van der Waals surface area contributed by atoms with Gasteiger partial charge in [0.15, 0.2) is 0 Å². The molecule has 0 aliphatic carbocycles. The van der Waals surface area contributed by atoms with Gasteiger partial charge >= 0.3 is 11.8 Å². The van der Waals surface area contributed by atoms with E-state index >= 15 is 0 Å². The lowest BCUT2D eigenvalue weighted by atomic mass is 10.1. The fourth-order valence-corrected chi connectivity index (χ4v) is 4.15. The fourth-order valence-electron chi connectivity index (χ4n) is 3.77. The summed E-state index contributed by atoms with van der Waals surface area (Å²) in [5, 5.41) is 6.23. The van der Waals surface area contributed by atoms with Gasteiger partial charge in [-0.05, 0) is 86.8 Å². The molecule has 4 rings (SSSR count). The Balaban J connectivity index is 1.63. The summed E-state index contributed by atoms with van der Waals surface area (Å²) >= 11 is 3.43. The lowest BCUT2D eigenvalue weighted by molar-refractivity contribution is -0.133. The van der Waals surface area contributed by atoms with Gasteiger partial charge in [0.05, 0.1) is 5.52 Å². The van der Waals surface area contributed by atoms with Crippen LogP contribution >= 0.6 is 15.9 Å². The quantitative estimate of drug-likeness (QED) is 0.299. The number of nitrogens with one attached hydrogen (secondary N) is 3. The van der Waals surface area contributed by atoms with Crippen LogP contribution in [0.3, 0.4) is 0 Å². The highest BCUT2D eigenvalue weighted by Gasteiger charge is 2.21. The third-order valence-electron chi connectivity index (χ3n) is 5.81. The van der Waals surface area contributed by atoms with E-state index in [1.54, 1.807) is 30.3 Å². The molecule has 3 aromatic carbocycles. The number of aryl methyl sites for hydroxylation is 4. The maximum Gasteiger partial charge on any atom is 0.328 e. The van der Waals surface area contributed by atoms with E-state index in [1.165, 1.54) is 4.68 Å². The Bertz CT molecular complexity index is 1490. The van der Waals surface area contributed by atoms with Gasteiger partial charge in [-0.3, -0.25) is 19.8 Å². The van der Waals surface area contributed by atoms with Crippen molar-refractivity contribution in [1.29, 1.82) is 0 Å². The first-order valence-corrected chi connectivity index (χ1v) is 11.8. The van der Waals surface area contributed by atoms with Gasteiger partial charge in [-0.15, -0.1) is 0 Å². The molecule has 1 heterocycles. The number of aromatic nitrogens is 1. The minimum absolute atomic E-state index is 0.186. The van der Waals surface area contributed by atoms with Crippen molar-refractivity contribution in [3.63, 3.8) is 0 Å². The molecule has 178 valence electrons. The number of amides is 3. The Morgan fingerprint density at radius 3 is 2.23 bits per heavy atom. The highest BCUT2D eigenvalue weighted by Crippen LogP contribution is 2.25. The van der Waals surface area contributed by atoms with Crippen LogP contribution in [0, 0.1) is 27.7 Å². The van der Waals surface area contributed by atoms with Crippen LogP contribution in [0.15, 0.2) is 65.1 Å². The first-order chi connectivity index (χ1) is 16.6. The minimum Gasteiger partial charge on any atom is -0.320 e. The summed E-state index contributed by atoms with van der Waals surface area (Å²) in [4.78, 5) is 38.7. The molecule has 0 aliphatic rings. The number of benzene rings is 3. The Kier molecular flexibility index (Phi) is 6.75. The van der Waals surface area contributed by atoms with Crippen LogP contribution in [-0.2, 0) is 9.59 Å². The van der Waals surface area contributed by atoms with Crippen molar-refractivity contribution in [1.82, 2.24) is 4.68 Å². The normalized spacial score (nSPS) is 10.8. The zero-order valence-electron chi connectivity index (χ0n) is 19.8. The standard InChI is InChI=1S/C27H25BrN4O3/c1-15-5-9-22(18(4)11-15)30-25(33)24-14-19-13-20(28)7-10-23(19)32(24)31-27(35)26(34)29-21-8-6-16(2)17(3)12-21/h5-14H,1-4H3,(H,29,34)(H,30,33)(H,31,35). The summed E-state index contributed by atoms with van der Waals surface area (Å²) < 4.78 is 2.16. The number of carbonyl (C=O) groups is 3. The molecule has 0 bridgehead atoms. The van der Waals surface area contributed by atoms with Crippen LogP contribution in [0.2, 0.25) is 0 Å². The van der Waals surface area contributed by atoms with Gasteiger partial charge in [0.2, 0.25) is 0 Å². The number of rotatable bonds is 4. The molecule has 0 fully saturated rings. The zero-order chi connectivity index (χ0) is 25.3. The number of anilines is 2. The van der Waals surface area contributed by atoms with Crippen LogP contribution < -0.4 is 16.1 Å². The first kappa shape index (κ1) is 24.2. The van der Waals surface area contributed by atoms with Crippen LogP contribution in [-0.4, -0.2) is 22.4 Å². The van der Waals surface area contributed by atoms with Crippen LogP contribution in [0.1, 0.15) is 32.7 Å². The van der Waals surface area contributed by atoms with E-state index in [-0.39, 0.29) is 5.69 Å². The molecular formula is C27H25BrN4O3. The van der Waals surface area contributed by atoms with Gasteiger partial charge in [-0.25, -0.2) is 4.68 Å². The molecule has 4 aromatic rings. The molecular weight excluding hydrogens is 508 g/mol. The van der Waals surface area contributed by atoms with E-state index in [1.807, 2.05) is 58.0 Å². The van der Waals surface area contributed by atoms with Crippen LogP contribution in [0.5, 0.6) is 0 Å². The number of halogens is 1. The van der Waals surface area contributed by atoms with E-state index in [4.69, 9.17) is 0 Å². The molecule has 0 spiro atoms. The van der Waals surface area contributed by atoms with E-state index < -0.39 is 17.7 Å². The molecule has 35 heavy (non-hydrogen) atoms. The van der Waals surface area contributed by atoms with Gasteiger partial charge < -0.3 is 10.6 Å². The summed E-state index contributed by atoms with van der Waals surface area (Å²) in [5.74, 6) is -2.16. The van der Waals surface area contributed by atoms with Gasteiger partial charge in [0, 0.05) is 21.2 Å². The maximum atomic E-state index is 13.2. The number of nitrogens with zero attached hydrogens (tertiary/aromatic N) is 1. The summed E-state index contributed by atoms with van der Waals surface area (Å²) in [6.45, 7) is 7.78. The molecule has 8 heteroatoms. The Labute approximate surface area is 211 Å². The lowest BCUT2D eigenvalue weighted by Crippen LogP contribution is -2.36. The van der Waals surface area contributed by atoms with Crippen molar-refractivity contribution in [3.8, 4) is 0 Å². The molecule has 3 amide bonds. The number of hydrogen-bond acceptors (Lipinski definition) is 3. The molecule has 0 atom stereocenters. The minimum atomic E-state index is -0.899. The van der Waals surface area contributed by atoms with Gasteiger partial charge in [-0.2, -0.15) is 0 Å². The third kappa shape index (κ3) is 5.27. The second-order valence-corrected chi connectivity index (χ2v) is 9.45. The summed E-state index contributed by atoms with van der Waals surface area (Å²) in [7, 11) is 0. The van der Waals surface area contributed by atoms with Crippen molar-refractivity contribution in [2.75, 3.05) is 16.1 Å². The van der Waals surface area contributed by atoms with Crippen molar-refractivity contribution in [2.24, 2.45) is 0 Å². The van der Waals surface area contributed by atoms with E-state index in [0.29, 0.717) is 16.9 Å². The van der Waals surface area contributed by atoms with E-state index in [9.17, 15) is 14.4 Å². The van der Waals surface area contributed by atoms with Crippen LogP contribution in [0.25, 0.3) is 10.9 Å². The van der Waals surface area contributed by atoms with Crippen molar-refractivity contribution in [2.45, 2.75) is 27.7 Å². The van der Waals surface area contributed by atoms with Crippen molar-refractivity contribution in [3.05, 3.63) is 93.1 Å². The number of carbonyl (C=O) groups excluding carboxylic acids is 3. The molecule has 3 N–H and O–H groups in total. The smallest absolute Gasteiger partial charge is 0.320 e. The molecule has 0 unspecified atom stereocenters. The second-order valence-electron chi connectivity index (χ2n) is 8.53. The molecule has 7 nitrogen and oxygen atoms in total. The maximum absolute atomic E-state index is 13.2. The number of fused-ring (bicyclic) bond motifs is 1. The van der Waals surface area contributed by atoms with Crippen molar-refractivity contribution >= 4 is 55.9 Å². The fraction of sp³-hybridized carbons (Fsp3) is 0.148. The Hall–Kier alpha value is -3.91. The predicted molar refractivity (Wildman–Crippen MR) is 142 cm³/mol. The summed E-state index contributed by atoms with van der Waals surface area (Å²) in [5.41, 5.74) is 8.60. The Morgan fingerprint density at radius 1 is 0.743 bits per heavy atom. The lowest BCUT2D eigenvalue weighted by Gasteiger charge is -2.14. The average Bonchev–Trinajstić information content (AvgIpc) is 3.15. The highest BCUT2D eigenvalue weighted by molar-refractivity contribution is 9.10. The molecule has 1 aromatic heterocycles. The largest absolute Gasteiger partial charge is 0.328 e. The molecule has 0 aliphatic heterocycles. The highest BCUT2D eigenvalue weighted by atomic mass is 79.9. The van der Waals surface area contributed by atoms with Gasteiger partial charge in [0.1, 0.15) is 5.69 Å². The van der Waals surface area contributed by atoms with E-state index in [2.05, 4.69) is 32.0 Å². The topological polar surface area (TPSA) is 92.2 Å². The summed E-state index contributed by atoms with van der Waals surface area (Å²) in [6, 6.07) is 18.2. The van der Waals surface area contributed by atoms with E-state index in [0.717, 1.165) is 32.1 Å². The summed E-state index contributed by atoms with van der Waals surface area (Å²) in [6.07, 6.45) is 0. The monoisotopic (exact) mass is 532 g/mol. The van der Waals surface area contributed by atoms with Gasteiger partial charge in [0.25, 0.3) is 5.91 Å². The first-order valence-electron chi connectivity index (χ1n) is 11.0. The van der Waals surface area contributed by atoms with Crippen LogP contribution in [0.4, 0.5) is 11.4 Å². The zero-order valence-corrected chi connectivity index (χ0v) is 21.4. The average molecular weight is 533 g/mol. The van der Waals surface area contributed by atoms with Gasteiger partial charge in [-0.1, -0.05) is 39.7 Å². The SMILES string of the molecule is Cc1ccc(NC(=O)c2cc3cc(Br)ccc3n2NC(=O)C(=O)Nc2ccc(C)c(C)c2)c(C)c1. The molecule has 0 saturated heterocycles. The Morgan fingerprint density at radius 2 is 1.51 bits per heavy atom. The number of hydrogen-bond donors (Lipinski definition) is 3. The molecule has 0 radical (unpaired) electrons. The third-order valence-corrected chi connectivity index (χ3v) is 6.30. The second kappa shape index (κ2) is 9.76. The van der Waals surface area contributed by atoms with Crippen molar-refractivity contribution < 1.29 is 14.4 Å². The molecule has 0 saturated carbocycles. The predicted octanol–water partition coefficient (Wildman–Crippen LogP) is 5.60.